The van der Waals surface area contributed by atoms with Crippen LogP contribution in [-0.2, 0) is 14.4 Å². The van der Waals surface area contributed by atoms with Crippen molar-refractivity contribution in [2.24, 2.45) is 0 Å². The van der Waals surface area contributed by atoms with Crippen molar-refractivity contribution in [3.8, 4) is 0 Å². The van der Waals surface area contributed by atoms with Gasteiger partial charge in [-0.05, 0) is 25.7 Å². The smallest absolute Gasteiger partial charge is 0.303 e. The maximum Gasteiger partial charge on any atom is 0.303 e. The Bertz CT molecular complexity index is 571. The van der Waals surface area contributed by atoms with E-state index in [9.17, 15) is 14.4 Å². The Kier molecular flexibility index (Phi) is 24.1. The minimum Gasteiger partial charge on any atom is -0.481 e. The molecule has 0 aromatic carbocycles. The SMILES string of the molecule is C=CCCCCCCCCCCCCCCCCC[N+](CCCC(=O)O)(CCCC(=O)O)CCCC(=O)O. The minimum atomic E-state index is -0.825. The second-order valence-corrected chi connectivity index (χ2v) is 11.1. The largest absolute Gasteiger partial charge is 0.481 e. The van der Waals surface area contributed by atoms with Crippen LogP contribution >= 0.6 is 0 Å². The molecule has 0 saturated carbocycles. The number of aliphatic carboxylic acids is 3. The van der Waals surface area contributed by atoms with Gasteiger partial charge < -0.3 is 19.8 Å². The highest BCUT2D eigenvalue weighted by Gasteiger charge is 2.27. The molecule has 0 saturated heterocycles. The number of hydrogen-bond acceptors (Lipinski definition) is 3. The van der Waals surface area contributed by atoms with Crippen molar-refractivity contribution in [1.82, 2.24) is 0 Å². The molecule has 7 nitrogen and oxygen atoms in total. The van der Waals surface area contributed by atoms with Crippen LogP contribution in [0.15, 0.2) is 12.7 Å². The topological polar surface area (TPSA) is 112 Å². The van der Waals surface area contributed by atoms with E-state index in [4.69, 9.17) is 15.3 Å². The normalized spacial score (nSPS) is 11.5. The average molecular weight is 541 g/mol. The number of unbranched alkanes of at least 4 members (excludes halogenated alkanes) is 15. The molecule has 0 spiro atoms. The summed E-state index contributed by atoms with van der Waals surface area (Å²) in [6, 6.07) is 0. The van der Waals surface area contributed by atoms with E-state index in [0.29, 0.717) is 43.4 Å². The Morgan fingerprint density at radius 2 is 0.711 bits per heavy atom. The molecule has 0 atom stereocenters. The van der Waals surface area contributed by atoms with Crippen molar-refractivity contribution < 1.29 is 34.2 Å². The summed E-state index contributed by atoms with van der Waals surface area (Å²) in [5.41, 5.74) is 0. The number of carboxylic acids is 3. The van der Waals surface area contributed by atoms with Crippen LogP contribution in [0.25, 0.3) is 0 Å². The Balaban J connectivity index is 4.18. The zero-order chi connectivity index (χ0) is 28.3. The third-order valence-electron chi connectivity index (χ3n) is 7.61. The van der Waals surface area contributed by atoms with Gasteiger partial charge in [0, 0.05) is 19.3 Å². The lowest BCUT2D eigenvalue weighted by Crippen LogP contribution is -2.51. The van der Waals surface area contributed by atoms with Crippen molar-refractivity contribution in [3.05, 3.63) is 12.7 Å². The number of allylic oxidation sites excluding steroid dienone is 1. The number of nitrogens with zero attached hydrogens (tertiary/aromatic N) is 1. The first-order chi connectivity index (χ1) is 18.3. The molecule has 0 heterocycles. The lowest BCUT2D eigenvalue weighted by molar-refractivity contribution is -0.929. The highest BCUT2D eigenvalue weighted by molar-refractivity contribution is 5.67. The van der Waals surface area contributed by atoms with Gasteiger partial charge >= 0.3 is 17.9 Å². The summed E-state index contributed by atoms with van der Waals surface area (Å²) in [6.07, 6.45) is 24.3. The molecular formula is C31H58NO6+. The van der Waals surface area contributed by atoms with Gasteiger partial charge in [-0.25, -0.2) is 0 Å². The summed E-state index contributed by atoms with van der Waals surface area (Å²) in [6.45, 7) is 6.64. The first-order valence-corrected chi connectivity index (χ1v) is 15.4. The van der Waals surface area contributed by atoms with Gasteiger partial charge in [0.05, 0.1) is 45.4 Å². The second kappa shape index (κ2) is 25.4. The van der Waals surface area contributed by atoms with E-state index in [1.54, 1.807) is 0 Å². The van der Waals surface area contributed by atoms with Crippen molar-refractivity contribution in [2.45, 2.75) is 141 Å². The molecule has 3 N–H and O–H groups in total. The Labute approximate surface area is 232 Å². The molecule has 0 rings (SSSR count). The van der Waals surface area contributed by atoms with E-state index in [1.165, 1.54) is 83.5 Å². The molecule has 0 unspecified atom stereocenters. The van der Waals surface area contributed by atoms with Crippen LogP contribution in [0.2, 0.25) is 0 Å². The second-order valence-electron chi connectivity index (χ2n) is 11.1. The summed E-state index contributed by atoms with van der Waals surface area (Å²) in [5.74, 6) is -2.47. The lowest BCUT2D eigenvalue weighted by atomic mass is 10.0. The molecule has 38 heavy (non-hydrogen) atoms. The van der Waals surface area contributed by atoms with E-state index < -0.39 is 17.9 Å². The first kappa shape index (κ1) is 36.1. The van der Waals surface area contributed by atoms with E-state index >= 15 is 0 Å². The molecule has 0 radical (unpaired) electrons. The van der Waals surface area contributed by atoms with Gasteiger partial charge in [0.2, 0.25) is 0 Å². The molecule has 0 bridgehead atoms. The van der Waals surface area contributed by atoms with Crippen molar-refractivity contribution in [3.63, 3.8) is 0 Å². The van der Waals surface area contributed by atoms with Gasteiger partial charge in [-0.1, -0.05) is 83.1 Å². The first-order valence-electron chi connectivity index (χ1n) is 15.4. The van der Waals surface area contributed by atoms with Crippen LogP contribution in [0.3, 0.4) is 0 Å². The van der Waals surface area contributed by atoms with Gasteiger partial charge in [0.25, 0.3) is 0 Å². The molecule has 0 aliphatic heterocycles. The molecule has 0 aromatic heterocycles. The van der Waals surface area contributed by atoms with E-state index in [0.717, 1.165) is 25.8 Å². The standard InChI is InChI=1S/C31H57NO6/c1-2-3-4-5-6-7-8-9-10-11-12-13-14-15-16-17-18-25-32(26-19-22-29(33)34,27-20-23-30(35)36)28-21-24-31(37)38/h2H,1,3-28H2,(H2-,33,34,35,36,37,38)/p+1. The quantitative estimate of drug-likeness (QED) is 0.0486. The highest BCUT2D eigenvalue weighted by atomic mass is 16.4. The maximum atomic E-state index is 11.1. The lowest BCUT2D eigenvalue weighted by Gasteiger charge is -2.39. The van der Waals surface area contributed by atoms with Gasteiger partial charge in [0.1, 0.15) is 0 Å². The van der Waals surface area contributed by atoms with Gasteiger partial charge in [-0.3, -0.25) is 14.4 Å². The van der Waals surface area contributed by atoms with Gasteiger partial charge in [-0.2, -0.15) is 0 Å². The molecular weight excluding hydrogens is 482 g/mol. The number of hydrogen-bond donors (Lipinski definition) is 3. The predicted octanol–water partition coefficient (Wildman–Crippen LogP) is 7.83. The van der Waals surface area contributed by atoms with Gasteiger partial charge in [-0.15, -0.1) is 6.58 Å². The molecule has 0 amide bonds. The van der Waals surface area contributed by atoms with Crippen LogP contribution in [0, 0.1) is 0 Å². The number of quaternary nitrogens is 1. The summed E-state index contributed by atoms with van der Waals surface area (Å²) < 4.78 is 0.642. The van der Waals surface area contributed by atoms with Crippen LogP contribution < -0.4 is 0 Å². The molecule has 0 aliphatic rings. The fraction of sp³-hybridized carbons (Fsp3) is 0.839. The summed E-state index contributed by atoms with van der Waals surface area (Å²) in [5, 5.41) is 27.2. The minimum absolute atomic E-state index is 0.0912. The Morgan fingerprint density at radius 1 is 0.447 bits per heavy atom. The van der Waals surface area contributed by atoms with Crippen LogP contribution in [-0.4, -0.2) is 63.9 Å². The zero-order valence-electron chi connectivity index (χ0n) is 24.2. The molecule has 0 fully saturated rings. The molecule has 0 aliphatic carbocycles. The fourth-order valence-corrected chi connectivity index (χ4v) is 5.40. The number of carboxylic acid groups (broad SMARTS) is 3. The van der Waals surface area contributed by atoms with Crippen LogP contribution in [0.5, 0.6) is 0 Å². The molecule has 222 valence electrons. The van der Waals surface area contributed by atoms with Crippen LogP contribution in [0.4, 0.5) is 0 Å². The van der Waals surface area contributed by atoms with E-state index in [1.807, 2.05) is 6.08 Å². The van der Waals surface area contributed by atoms with E-state index in [2.05, 4.69) is 6.58 Å². The fourth-order valence-electron chi connectivity index (χ4n) is 5.40. The molecule has 0 aromatic rings. The summed E-state index contributed by atoms with van der Waals surface area (Å²) in [7, 11) is 0. The monoisotopic (exact) mass is 540 g/mol. The van der Waals surface area contributed by atoms with Crippen molar-refractivity contribution >= 4 is 17.9 Å². The van der Waals surface area contributed by atoms with Crippen LogP contribution in [0.1, 0.15) is 141 Å². The summed E-state index contributed by atoms with van der Waals surface area (Å²) >= 11 is 0. The zero-order valence-corrected chi connectivity index (χ0v) is 24.2. The third kappa shape index (κ3) is 24.4. The summed E-state index contributed by atoms with van der Waals surface area (Å²) in [4.78, 5) is 33.2. The maximum absolute atomic E-state index is 11.1. The van der Waals surface area contributed by atoms with Gasteiger partial charge in [0.15, 0.2) is 0 Å². The molecule has 7 heteroatoms. The van der Waals surface area contributed by atoms with Crippen molar-refractivity contribution in [2.75, 3.05) is 26.2 Å². The number of carbonyl (C=O) groups is 3. The van der Waals surface area contributed by atoms with E-state index in [-0.39, 0.29) is 19.3 Å². The third-order valence-corrected chi connectivity index (χ3v) is 7.61. The number of rotatable bonds is 30. The highest BCUT2D eigenvalue weighted by Crippen LogP contribution is 2.19. The average Bonchev–Trinajstić information content (AvgIpc) is 2.85. The predicted molar refractivity (Wildman–Crippen MR) is 154 cm³/mol. The van der Waals surface area contributed by atoms with Crippen molar-refractivity contribution in [1.29, 1.82) is 0 Å². The Hall–Kier alpha value is -1.89. The Morgan fingerprint density at radius 3 is 1.00 bits per heavy atom.